The molecular weight excluding hydrogens is 282 g/mol. The smallest absolute Gasteiger partial charge is 0.323 e. The van der Waals surface area contributed by atoms with Crippen LogP contribution in [0.25, 0.3) is 11.0 Å². The van der Waals surface area contributed by atoms with Crippen molar-refractivity contribution in [2.75, 3.05) is 24.3 Å². The number of hydrogen-bond donors (Lipinski definition) is 3. The molecule has 2 aromatic rings. The number of rotatable bonds is 3. The summed E-state index contributed by atoms with van der Waals surface area (Å²) in [5.41, 5.74) is 1.54. The van der Waals surface area contributed by atoms with E-state index in [1.54, 1.807) is 49.3 Å². The Labute approximate surface area is 125 Å². The van der Waals surface area contributed by atoms with Gasteiger partial charge in [0, 0.05) is 14.1 Å². The van der Waals surface area contributed by atoms with Crippen molar-refractivity contribution in [1.29, 1.82) is 15.8 Å². The predicted molar refractivity (Wildman–Crippen MR) is 80.7 cm³/mol. The Kier molecular flexibility index (Phi) is 3.84. The summed E-state index contributed by atoms with van der Waals surface area (Å²) in [6.45, 7) is 0. The maximum atomic E-state index is 11.4. The Morgan fingerprint density at radius 1 is 1.09 bits per heavy atom. The molecule has 1 aromatic heterocycles. The van der Waals surface area contributed by atoms with E-state index in [9.17, 15) is 4.79 Å². The van der Waals surface area contributed by atoms with Crippen molar-refractivity contribution < 1.29 is 0 Å². The number of aromatic nitrogens is 2. The van der Waals surface area contributed by atoms with E-state index in [-0.39, 0.29) is 17.0 Å². The van der Waals surface area contributed by atoms with Crippen LogP contribution in [0.4, 0.5) is 11.4 Å². The summed E-state index contributed by atoms with van der Waals surface area (Å²) < 4.78 is 0. The third-order valence-electron chi connectivity index (χ3n) is 2.96. The lowest BCUT2D eigenvalue weighted by Crippen LogP contribution is -2.12. The molecule has 0 unspecified atom stereocenters. The topological polar surface area (TPSA) is 135 Å². The molecule has 0 atom stereocenters. The summed E-state index contributed by atoms with van der Waals surface area (Å²) in [6.07, 6.45) is 0. The summed E-state index contributed by atoms with van der Waals surface area (Å²) in [4.78, 5) is 18.4. The molecule has 3 N–H and O–H groups in total. The lowest BCUT2D eigenvalue weighted by atomic mass is 10.2. The fourth-order valence-corrected chi connectivity index (χ4v) is 1.96. The van der Waals surface area contributed by atoms with Crippen molar-refractivity contribution in [2.24, 2.45) is 0 Å². The van der Waals surface area contributed by atoms with Gasteiger partial charge >= 0.3 is 5.69 Å². The van der Waals surface area contributed by atoms with Crippen LogP contribution >= 0.6 is 0 Å². The minimum absolute atomic E-state index is 0.148. The molecule has 1 aromatic carbocycles. The van der Waals surface area contributed by atoms with Gasteiger partial charge in [0.15, 0.2) is 5.57 Å². The van der Waals surface area contributed by atoms with Crippen molar-refractivity contribution in [3.63, 3.8) is 0 Å². The molecule has 0 fully saturated rings. The van der Waals surface area contributed by atoms with Gasteiger partial charge in [0.1, 0.15) is 23.9 Å². The molecule has 1 heterocycles. The number of nitriles is 3. The molecular formula is C14H11N7O. The Morgan fingerprint density at radius 2 is 1.68 bits per heavy atom. The first-order valence-corrected chi connectivity index (χ1v) is 6.15. The minimum atomic E-state index is -0.345. The highest BCUT2D eigenvalue weighted by atomic mass is 16.1. The van der Waals surface area contributed by atoms with Gasteiger partial charge in [0.05, 0.1) is 22.4 Å². The fraction of sp³-hybridized carbons (Fsp3) is 0.143. The van der Waals surface area contributed by atoms with Crippen molar-refractivity contribution in [1.82, 2.24) is 9.97 Å². The maximum Gasteiger partial charge on any atom is 0.323 e. The zero-order chi connectivity index (χ0) is 16.3. The Bertz CT molecular complexity index is 925. The van der Waals surface area contributed by atoms with Gasteiger partial charge < -0.3 is 20.2 Å². The zero-order valence-corrected chi connectivity index (χ0v) is 11.9. The highest BCUT2D eigenvalue weighted by molar-refractivity contribution is 5.88. The Hall–Kier alpha value is -3.70. The van der Waals surface area contributed by atoms with Crippen molar-refractivity contribution >= 4 is 22.4 Å². The maximum absolute atomic E-state index is 11.4. The van der Waals surface area contributed by atoms with Crippen LogP contribution in [0.1, 0.15) is 0 Å². The molecule has 8 heteroatoms. The monoisotopic (exact) mass is 293 g/mol. The van der Waals surface area contributed by atoms with E-state index < -0.39 is 0 Å². The SMILES string of the molecule is CN(C)c1cc2[nH]c(=O)[nH]c2cc1NC(C#N)=C(C#N)C#N. The highest BCUT2D eigenvalue weighted by Crippen LogP contribution is 2.29. The third kappa shape index (κ3) is 2.60. The molecule has 0 spiro atoms. The quantitative estimate of drug-likeness (QED) is 0.726. The normalized spacial score (nSPS) is 9.41. The molecule has 0 amide bonds. The number of nitrogens with one attached hydrogen (secondary N) is 3. The first kappa shape index (κ1) is 14.7. The van der Waals surface area contributed by atoms with Crippen LogP contribution in [0.3, 0.4) is 0 Å². The number of benzene rings is 1. The van der Waals surface area contributed by atoms with Gasteiger partial charge in [-0.2, -0.15) is 15.8 Å². The number of imidazole rings is 1. The van der Waals surface area contributed by atoms with Gasteiger partial charge in [-0.25, -0.2) is 4.79 Å². The van der Waals surface area contributed by atoms with Gasteiger partial charge in [-0.1, -0.05) is 0 Å². The minimum Gasteiger partial charge on any atom is -0.376 e. The molecule has 0 saturated heterocycles. The number of H-pyrrole nitrogens is 2. The van der Waals surface area contributed by atoms with Crippen molar-refractivity contribution in [3.8, 4) is 18.2 Å². The van der Waals surface area contributed by atoms with Crippen LogP contribution in [0.15, 0.2) is 28.2 Å². The number of anilines is 2. The van der Waals surface area contributed by atoms with Gasteiger partial charge in [-0.3, -0.25) is 0 Å². The fourth-order valence-electron chi connectivity index (χ4n) is 1.96. The van der Waals surface area contributed by atoms with Gasteiger partial charge in [-0.15, -0.1) is 0 Å². The van der Waals surface area contributed by atoms with Crippen LogP contribution in [0.2, 0.25) is 0 Å². The average Bonchev–Trinajstić information content (AvgIpc) is 2.85. The van der Waals surface area contributed by atoms with Crippen LogP contribution < -0.4 is 15.9 Å². The van der Waals surface area contributed by atoms with Crippen molar-refractivity contribution in [3.05, 3.63) is 33.9 Å². The molecule has 0 saturated carbocycles. The second-order valence-electron chi connectivity index (χ2n) is 4.60. The summed E-state index contributed by atoms with van der Waals surface area (Å²) >= 11 is 0. The Morgan fingerprint density at radius 3 is 2.18 bits per heavy atom. The molecule has 22 heavy (non-hydrogen) atoms. The van der Waals surface area contributed by atoms with E-state index in [1.807, 2.05) is 0 Å². The lowest BCUT2D eigenvalue weighted by Gasteiger charge is -2.18. The summed E-state index contributed by atoms with van der Waals surface area (Å²) in [7, 11) is 3.59. The number of hydrogen-bond acceptors (Lipinski definition) is 6. The first-order chi connectivity index (χ1) is 10.5. The standard InChI is InChI=1S/C14H11N7O/c1-21(2)13-4-10-9(19-14(22)20-10)3-11(13)18-12(7-17)8(5-15)6-16/h3-4,18H,1-2H3,(H2,19,20,22). The second-order valence-corrected chi connectivity index (χ2v) is 4.60. The van der Waals surface area contributed by atoms with E-state index in [0.717, 1.165) is 0 Å². The van der Waals surface area contributed by atoms with E-state index in [1.165, 1.54) is 0 Å². The number of aromatic amines is 2. The van der Waals surface area contributed by atoms with Gasteiger partial charge in [0.25, 0.3) is 0 Å². The van der Waals surface area contributed by atoms with Crippen LogP contribution in [-0.4, -0.2) is 24.1 Å². The van der Waals surface area contributed by atoms with Crippen LogP contribution in [-0.2, 0) is 0 Å². The lowest BCUT2D eigenvalue weighted by molar-refractivity contribution is 1.13. The molecule has 0 aliphatic heterocycles. The molecule has 0 radical (unpaired) electrons. The highest BCUT2D eigenvalue weighted by Gasteiger charge is 2.13. The van der Waals surface area contributed by atoms with Crippen LogP contribution in [0, 0.1) is 34.0 Å². The molecule has 0 aliphatic rings. The predicted octanol–water partition coefficient (Wildman–Crippen LogP) is 1.16. The second kappa shape index (κ2) is 5.74. The number of nitrogens with zero attached hydrogens (tertiary/aromatic N) is 4. The largest absolute Gasteiger partial charge is 0.376 e. The average molecular weight is 293 g/mol. The van der Waals surface area contributed by atoms with Gasteiger partial charge in [0.2, 0.25) is 0 Å². The summed E-state index contributed by atoms with van der Waals surface area (Å²) in [6, 6.07) is 8.49. The van der Waals surface area contributed by atoms with Crippen molar-refractivity contribution in [2.45, 2.75) is 0 Å². The van der Waals surface area contributed by atoms with E-state index in [4.69, 9.17) is 15.8 Å². The number of allylic oxidation sites excluding steroid dienone is 2. The number of fused-ring (bicyclic) bond motifs is 1. The van der Waals surface area contributed by atoms with E-state index in [0.29, 0.717) is 22.4 Å². The molecule has 108 valence electrons. The Balaban J connectivity index is 2.64. The molecule has 8 nitrogen and oxygen atoms in total. The summed E-state index contributed by atoms with van der Waals surface area (Å²) in [5, 5.41) is 29.6. The summed E-state index contributed by atoms with van der Waals surface area (Å²) in [5.74, 6) is 0. The first-order valence-electron chi connectivity index (χ1n) is 6.15. The van der Waals surface area contributed by atoms with Gasteiger partial charge in [-0.05, 0) is 12.1 Å². The van der Waals surface area contributed by atoms with E-state index >= 15 is 0 Å². The molecule has 0 aliphatic carbocycles. The zero-order valence-electron chi connectivity index (χ0n) is 11.9. The van der Waals surface area contributed by atoms with E-state index in [2.05, 4.69) is 15.3 Å². The van der Waals surface area contributed by atoms with Crippen LogP contribution in [0.5, 0.6) is 0 Å². The molecule has 0 bridgehead atoms. The molecule has 2 rings (SSSR count). The third-order valence-corrected chi connectivity index (χ3v) is 2.96.